The van der Waals surface area contributed by atoms with Crippen LogP contribution in [0.4, 0.5) is 0 Å². The highest BCUT2D eigenvalue weighted by Crippen LogP contribution is 2.33. The van der Waals surface area contributed by atoms with Crippen molar-refractivity contribution in [3.05, 3.63) is 95.0 Å². The Kier molecular flexibility index (Phi) is 5.43. The summed E-state index contributed by atoms with van der Waals surface area (Å²) in [4.78, 5) is 12.2. The Labute approximate surface area is 159 Å². The topological polar surface area (TPSA) is 37.3 Å². The largest absolute Gasteiger partial charge is 0.481 e. The monoisotopic (exact) mass is 364 g/mol. The number of benzene rings is 3. The van der Waals surface area contributed by atoms with Crippen LogP contribution in [-0.4, -0.2) is 11.1 Å². The minimum atomic E-state index is -0.914. The summed E-state index contributed by atoms with van der Waals surface area (Å²) < 4.78 is 0. The van der Waals surface area contributed by atoms with Gasteiger partial charge in [0.25, 0.3) is 0 Å². The molecule has 0 radical (unpaired) electrons. The van der Waals surface area contributed by atoms with E-state index in [4.69, 9.17) is 11.6 Å². The van der Waals surface area contributed by atoms with Gasteiger partial charge in [0.05, 0.1) is 5.41 Å². The lowest BCUT2D eigenvalue weighted by molar-refractivity contribution is -0.144. The van der Waals surface area contributed by atoms with Crippen LogP contribution in [-0.2, 0) is 16.6 Å². The highest BCUT2D eigenvalue weighted by Gasteiger charge is 2.38. The van der Waals surface area contributed by atoms with Gasteiger partial charge in [-0.3, -0.25) is 4.79 Å². The van der Waals surface area contributed by atoms with Gasteiger partial charge in [-0.15, -0.1) is 0 Å². The zero-order valence-electron chi connectivity index (χ0n) is 14.7. The molecule has 3 rings (SSSR count). The number of hydrogen-bond acceptors (Lipinski definition) is 1. The molecule has 1 unspecified atom stereocenters. The van der Waals surface area contributed by atoms with Crippen LogP contribution in [0.15, 0.2) is 78.9 Å². The maximum atomic E-state index is 12.2. The van der Waals surface area contributed by atoms with E-state index in [1.807, 2.05) is 85.8 Å². The Hall–Kier alpha value is -2.58. The van der Waals surface area contributed by atoms with Gasteiger partial charge in [-0.1, -0.05) is 85.3 Å². The first kappa shape index (κ1) is 18.2. The number of carbonyl (C=O) groups is 1. The molecule has 0 saturated heterocycles. The van der Waals surface area contributed by atoms with E-state index >= 15 is 0 Å². The number of rotatable bonds is 6. The molecule has 0 heterocycles. The van der Waals surface area contributed by atoms with E-state index in [0.717, 1.165) is 22.3 Å². The fourth-order valence-corrected chi connectivity index (χ4v) is 3.47. The molecule has 0 saturated carbocycles. The van der Waals surface area contributed by atoms with E-state index in [2.05, 4.69) is 0 Å². The van der Waals surface area contributed by atoms with Gasteiger partial charge < -0.3 is 5.11 Å². The van der Waals surface area contributed by atoms with Crippen molar-refractivity contribution < 1.29 is 9.90 Å². The molecule has 0 amide bonds. The third-order valence-corrected chi connectivity index (χ3v) is 5.23. The van der Waals surface area contributed by atoms with Crippen molar-refractivity contribution in [1.82, 2.24) is 0 Å². The predicted octanol–water partition coefficient (Wildman–Crippen LogP) is 5.98. The first-order valence-corrected chi connectivity index (χ1v) is 9.07. The second kappa shape index (κ2) is 7.76. The SMILES string of the molecule is CCC(Cc1ccc(-c2ccc(Cl)cc2)cc1)(C(=O)O)c1ccccc1. The summed E-state index contributed by atoms with van der Waals surface area (Å²) in [5, 5.41) is 10.7. The lowest BCUT2D eigenvalue weighted by Crippen LogP contribution is -2.37. The lowest BCUT2D eigenvalue weighted by atomic mass is 9.73. The number of carboxylic acids is 1. The highest BCUT2D eigenvalue weighted by atomic mass is 35.5. The Morgan fingerprint density at radius 2 is 1.42 bits per heavy atom. The van der Waals surface area contributed by atoms with Crippen LogP contribution in [0.25, 0.3) is 11.1 Å². The molecule has 1 N–H and O–H groups in total. The third-order valence-electron chi connectivity index (χ3n) is 4.98. The van der Waals surface area contributed by atoms with Crippen LogP contribution in [0.1, 0.15) is 24.5 Å². The lowest BCUT2D eigenvalue weighted by Gasteiger charge is -2.29. The van der Waals surface area contributed by atoms with Gasteiger partial charge in [0.2, 0.25) is 0 Å². The van der Waals surface area contributed by atoms with Crippen molar-refractivity contribution in [1.29, 1.82) is 0 Å². The fourth-order valence-electron chi connectivity index (χ4n) is 3.34. The molecule has 132 valence electrons. The van der Waals surface area contributed by atoms with E-state index in [1.54, 1.807) is 0 Å². The zero-order chi connectivity index (χ0) is 18.6. The summed E-state index contributed by atoms with van der Waals surface area (Å²) in [5.74, 6) is -0.784. The average molecular weight is 365 g/mol. The van der Waals surface area contributed by atoms with Crippen LogP contribution >= 0.6 is 11.6 Å². The number of halogens is 1. The van der Waals surface area contributed by atoms with E-state index in [-0.39, 0.29) is 0 Å². The maximum Gasteiger partial charge on any atom is 0.314 e. The van der Waals surface area contributed by atoms with E-state index in [0.29, 0.717) is 17.9 Å². The summed E-state index contributed by atoms with van der Waals surface area (Å²) >= 11 is 5.95. The molecule has 3 aromatic rings. The molecule has 3 heteroatoms. The van der Waals surface area contributed by atoms with Gasteiger partial charge in [-0.2, -0.15) is 0 Å². The Bertz CT molecular complexity index is 870. The summed E-state index contributed by atoms with van der Waals surface area (Å²) in [6.07, 6.45) is 0.995. The van der Waals surface area contributed by atoms with Gasteiger partial charge in [0.15, 0.2) is 0 Å². The van der Waals surface area contributed by atoms with E-state index < -0.39 is 11.4 Å². The fraction of sp³-hybridized carbons (Fsp3) is 0.174. The molecule has 0 aliphatic heterocycles. The van der Waals surface area contributed by atoms with Crippen LogP contribution in [0, 0.1) is 0 Å². The van der Waals surface area contributed by atoms with Crippen molar-refractivity contribution in [3.63, 3.8) is 0 Å². The number of hydrogen-bond donors (Lipinski definition) is 1. The van der Waals surface area contributed by atoms with Crippen molar-refractivity contribution in [2.75, 3.05) is 0 Å². The van der Waals surface area contributed by atoms with Crippen molar-refractivity contribution >= 4 is 17.6 Å². The molecule has 0 fully saturated rings. The molecule has 2 nitrogen and oxygen atoms in total. The Morgan fingerprint density at radius 1 is 0.885 bits per heavy atom. The molecule has 0 aliphatic rings. The number of aliphatic carboxylic acids is 1. The average Bonchev–Trinajstić information content (AvgIpc) is 2.68. The Morgan fingerprint density at radius 3 is 1.92 bits per heavy atom. The van der Waals surface area contributed by atoms with Crippen LogP contribution in [0.3, 0.4) is 0 Å². The summed E-state index contributed by atoms with van der Waals surface area (Å²) in [6, 6.07) is 25.3. The summed E-state index contributed by atoms with van der Waals surface area (Å²) in [6.45, 7) is 1.93. The first-order valence-electron chi connectivity index (χ1n) is 8.69. The van der Waals surface area contributed by atoms with Crippen molar-refractivity contribution in [2.45, 2.75) is 25.2 Å². The molecule has 26 heavy (non-hydrogen) atoms. The summed E-state index contributed by atoms with van der Waals surface area (Å²) in [7, 11) is 0. The molecular formula is C23H21ClO2. The van der Waals surface area contributed by atoms with Crippen LogP contribution in [0.2, 0.25) is 5.02 Å². The molecule has 3 aromatic carbocycles. The smallest absolute Gasteiger partial charge is 0.314 e. The predicted molar refractivity (Wildman–Crippen MR) is 107 cm³/mol. The van der Waals surface area contributed by atoms with Crippen LogP contribution in [0.5, 0.6) is 0 Å². The molecule has 0 aliphatic carbocycles. The minimum absolute atomic E-state index is 0.462. The third kappa shape index (κ3) is 3.66. The molecule has 0 aromatic heterocycles. The van der Waals surface area contributed by atoms with Crippen molar-refractivity contribution in [3.8, 4) is 11.1 Å². The standard InChI is InChI=1S/C23H21ClO2/c1-2-23(22(25)26,20-6-4-3-5-7-20)16-17-8-10-18(11-9-17)19-12-14-21(24)15-13-19/h3-15H,2,16H2,1H3,(H,25,26). The molecule has 0 spiro atoms. The van der Waals surface area contributed by atoms with Crippen LogP contribution < -0.4 is 0 Å². The van der Waals surface area contributed by atoms with Gasteiger partial charge >= 0.3 is 5.97 Å². The van der Waals surface area contributed by atoms with Gasteiger partial charge in [0, 0.05) is 5.02 Å². The second-order valence-electron chi connectivity index (χ2n) is 6.49. The maximum absolute atomic E-state index is 12.2. The minimum Gasteiger partial charge on any atom is -0.481 e. The normalized spacial score (nSPS) is 13.2. The molecule has 1 atom stereocenters. The highest BCUT2D eigenvalue weighted by molar-refractivity contribution is 6.30. The zero-order valence-corrected chi connectivity index (χ0v) is 15.4. The Balaban J connectivity index is 1.90. The van der Waals surface area contributed by atoms with Gasteiger partial charge in [-0.25, -0.2) is 0 Å². The van der Waals surface area contributed by atoms with E-state index in [1.165, 1.54) is 0 Å². The van der Waals surface area contributed by atoms with Gasteiger partial charge in [-0.05, 0) is 47.2 Å². The number of carboxylic acid groups (broad SMARTS) is 1. The quantitative estimate of drug-likeness (QED) is 0.584. The molecular weight excluding hydrogens is 344 g/mol. The second-order valence-corrected chi connectivity index (χ2v) is 6.92. The molecule has 0 bridgehead atoms. The van der Waals surface area contributed by atoms with Gasteiger partial charge in [0.1, 0.15) is 0 Å². The van der Waals surface area contributed by atoms with Crippen molar-refractivity contribution in [2.24, 2.45) is 0 Å². The van der Waals surface area contributed by atoms with E-state index in [9.17, 15) is 9.90 Å². The first-order chi connectivity index (χ1) is 12.5. The summed E-state index contributed by atoms with van der Waals surface area (Å²) in [5.41, 5.74) is 3.11.